The normalized spacial score (nSPS) is 21.2. The summed E-state index contributed by atoms with van der Waals surface area (Å²) in [6, 6.07) is 9.88. The second-order valence-corrected chi connectivity index (χ2v) is 9.44. The summed E-state index contributed by atoms with van der Waals surface area (Å²) >= 11 is 1.54. The van der Waals surface area contributed by atoms with E-state index < -0.39 is 0 Å². The van der Waals surface area contributed by atoms with Crippen LogP contribution in [0.25, 0.3) is 5.57 Å². The number of thiophene rings is 1. The molecule has 0 radical (unpaired) electrons. The van der Waals surface area contributed by atoms with Gasteiger partial charge in [0.2, 0.25) is 0 Å². The third kappa shape index (κ3) is 3.87. The lowest BCUT2D eigenvalue weighted by Gasteiger charge is -2.37. The standard InChI is InChI=1S/C24H28N4O2S/c29-23-21(19-10-7-17-31-19)22(24(30)28(23)18-8-3-1-2-4-9-18)27-15-13-26(14-16-27)20-11-5-6-12-25-20/h5-7,10-12,17-18H,1-4,8-9,13-16H2. The maximum Gasteiger partial charge on any atom is 0.278 e. The molecule has 3 aliphatic rings. The molecule has 0 spiro atoms. The molecule has 1 aliphatic carbocycles. The SMILES string of the molecule is O=C1C(c2cccs2)=C(N2CCN(c3ccccn3)CC2)C(=O)N1C1CCCCCC1. The van der Waals surface area contributed by atoms with Gasteiger partial charge in [0.25, 0.3) is 11.8 Å². The van der Waals surface area contributed by atoms with Crippen LogP contribution in [-0.2, 0) is 9.59 Å². The van der Waals surface area contributed by atoms with Crippen molar-refractivity contribution >= 4 is 34.5 Å². The molecule has 1 saturated heterocycles. The molecule has 2 aromatic rings. The summed E-state index contributed by atoms with van der Waals surface area (Å²) < 4.78 is 0. The first-order valence-electron chi connectivity index (χ1n) is 11.3. The number of anilines is 1. The average molecular weight is 437 g/mol. The summed E-state index contributed by atoms with van der Waals surface area (Å²) in [6.07, 6.45) is 8.23. The maximum atomic E-state index is 13.7. The molecule has 1 saturated carbocycles. The van der Waals surface area contributed by atoms with E-state index in [1.54, 1.807) is 4.90 Å². The molecule has 0 atom stereocenters. The van der Waals surface area contributed by atoms with Gasteiger partial charge in [-0.1, -0.05) is 37.8 Å². The van der Waals surface area contributed by atoms with Crippen LogP contribution in [0.3, 0.4) is 0 Å². The molecule has 4 heterocycles. The Morgan fingerprint density at radius 2 is 1.58 bits per heavy atom. The molecule has 0 unspecified atom stereocenters. The Kier molecular flexibility index (Phi) is 5.76. The molecule has 0 N–H and O–H groups in total. The van der Waals surface area contributed by atoms with Gasteiger partial charge in [-0.25, -0.2) is 4.98 Å². The molecule has 2 amide bonds. The van der Waals surface area contributed by atoms with E-state index in [1.165, 1.54) is 24.2 Å². The van der Waals surface area contributed by atoms with E-state index >= 15 is 0 Å². The van der Waals surface area contributed by atoms with E-state index in [9.17, 15) is 9.59 Å². The molecule has 31 heavy (non-hydrogen) atoms. The molecule has 162 valence electrons. The minimum Gasteiger partial charge on any atom is -0.363 e. The number of carbonyl (C=O) groups is 2. The van der Waals surface area contributed by atoms with Crippen LogP contribution in [0.1, 0.15) is 43.4 Å². The average Bonchev–Trinajstić information content (AvgIpc) is 3.32. The van der Waals surface area contributed by atoms with Gasteiger partial charge in [0.05, 0.1) is 5.57 Å². The molecular formula is C24H28N4O2S. The van der Waals surface area contributed by atoms with Crippen molar-refractivity contribution in [3.05, 3.63) is 52.5 Å². The smallest absolute Gasteiger partial charge is 0.278 e. The maximum absolute atomic E-state index is 13.7. The number of hydrogen-bond acceptors (Lipinski definition) is 6. The van der Waals surface area contributed by atoms with Gasteiger partial charge in [-0.2, -0.15) is 0 Å². The van der Waals surface area contributed by atoms with Gasteiger partial charge in [0, 0.05) is 43.3 Å². The zero-order valence-electron chi connectivity index (χ0n) is 17.7. The van der Waals surface area contributed by atoms with E-state index in [0.717, 1.165) is 49.5 Å². The number of amides is 2. The van der Waals surface area contributed by atoms with Crippen molar-refractivity contribution in [2.45, 2.75) is 44.6 Å². The molecule has 6 nitrogen and oxygen atoms in total. The Morgan fingerprint density at radius 1 is 0.839 bits per heavy atom. The zero-order chi connectivity index (χ0) is 21.2. The van der Waals surface area contributed by atoms with Crippen molar-refractivity contribution in [3.63, 3.8) is 0 Å². The Bertz CT molecular complexity index is 957. The van der Waals surface area contributed by atoms with Crippen molar-refractivity contribution in [1.29, 1.82) is 0 Å². The molecule has 0 bridgehead atoms. The zero-order valence-corrected chi connectivity index (χ0v) is 18.5. The van der Waals surface area contributed by atoms with Gasteiger partial charge >= 0.3 is 0 Å². The second-order valence-electron chi connectivity index (χ2n) is 8.49. The summed E-state index contributed by atoms with van der Waals surface area (Å²) in [5, 5.41) is 1.98. The summed E-state index contributed by atoms with van der Waals surface area (Å²) in [5.74, 6) is 0.775. The van der Waals surface area contributed by atoms with Crippen molar-refractivity contribution in [3.8, 4) is 0 Å². The fourth-order valence-electron chi connectivity index (χ4n) is 5.02. The highest BCUT2D eigenvalue weighted by Gasteiger charge is 2.45. The van der Waals surface area contributed by atoms with Crippen molar-refractivity contribution in [2.75, 3.05) is 31.1 Å². The van der Waals surface area contributed by atoms with E-state index in [2.05, 4.69) is 14.8 Å². The minimum absolute atomic E-state index is 0.0322. The highest BCUT2D eigenvalue weighted by atomic mass is 32.1. The topological polar surface area (TPSA) is 56.8 Å². The molecule has 2 aromatic heterocycles. The lowest BCUT2D eigenvalue weighted by atomic mass is 10.1. The number of piperazine rings is 1. The Hall–Kier alpha value is -2.67. The van der Waals surface area contributed by atoms with Crippen LogP contribution in [0.4, 0.5) is 5.82 Å². The largest absolute Gasteiger partial charge is 0.363 e. The lowest BCUT2D eigenvalue weighted by Crippen LogP contribution is -2.48. The van der Waals surface area contributed by atoms with E-state index in [0.29, 0.717) is 24.4 Å². The fraction of sp³-hybridized carbons (Fsp3) is 0.458. The van der Waals surface area contributed by atoms with Gasteiger partial charge in [0.15, 0.2) is 0 Å². The number of carbonyl (C=O) groups excluding carboxylic acids is 2. The molecule has 0 aromatic carbocycles. The number of pyridine rings is 1. The molecular weight excluding hydrogens is 408 g/mol. The first kappa shape index (κ1) is 20.2. The van der Waals surface area contributed by atoms with Crippen molar-refractivity contribution in [2.24, 2.45) is 0 Å². The first-order chi connectivity index (χ1) is 15.2. The summed E-state index contributed by atoms with van der Waals surface area (Å²) in [5.41, 5.74) is 1.22. The van der Waals surface area contributed by atoms with Crippen molar-refractivity contribution < 1.29 is 9.59 Å². The summed E-state index contributed by atoms with van der Waals surface area (Å²) in [6.45, 7) is 2.98. The number of rotatable bonds is 4. The number of hydrogen-bond donors (Lipinski definition) is 0. The summed E-state index contributed by atoms with van der Waals surface area (Å²) in [7, 11) is 0. The Labute approximate surface area is 187 Å². The van der Waals surface area contributed by atoms with E-state index in [1.807, 2.05) is 41.9 Å². The van der Waals surface area contributed by atoms with Gasteiger partial charge < -0.3 is 9.80 Å². The van der Waals surface area contributed by atoms with Crippen LogP contribution in [-0.4, -0.2) is 58.8 Å². The third-order valence-electron chi connectivity index (χ3n) is 6.62. The van der Waals surface area contributed by atoms with E-state index in [-0.39, 0.29) is 17.9 Å². The monoisotopic (exact) mass is 436 g/mol. The Balaban J connectivity index is 1.42. The highest BCUT2D eigenvalue weighted by Crippen LogP contribution is 2.37. The van der Waals surface area contributed by atoms with Gasteiger partial charge in [-0.15, -0.1) is 11.3 Å². The van der Waals surface area contributed by atoms with Crippen LogP contribution >= 0.6 is 11.3 Å². The van der Waals surface area contributed by atoms with Gasteiger partial charge in [-0.3, -0.25) is 14.5 Å². The lowest BCUT2D eigenvalue weighted by molar-refractivity contribution is -0.140. The minimum atomic E-state index is -0.0958. The quantitative estimate of drug-likeness (QED) is 0.539. The molecule has 7 heteroatoms. The van der Waals surface area contributed by atoms with Crippen LogP contribution in [0.2, 0.25) is 0 Å². The Morgan fingerprint density at radius 3 is 2.23 bits per heavy atom. The second kappa shape index (κ2) is 8.83. The van der Waals surface area contributed by atoms with Gasteiger partial charge in [0.1, 0.15) is 11.5 Å². The predicted octanol–water partition coefficient (Wildman–Crippen LogP) is 3.77. The van der Waals surface area contributed by atoms with Gasteiger partial charge in [-0.05, 0) is 36.4 Å². The molecule has 2 aliphatic heterocycles. The first-order valence-corrected chi connectivity index (χ1v) is 12.2. The van der Waals surface area contributed by atoms with Crippen LogP contribution in [0.5, 0.6) is 0 Å². The highest BCUT2D eigenvalue weighted by molar-refractivity contribution is 7.11. The van der Waals surface area contributed by atoms with Crippen LogP contribution in [0.15, 0.2) is 47.6 Å². The fourth-order valence-corrected chi connectivity index (χ4v) is 5.78. The van der Waals surface area contributed by atoms with Crippen molar-refractivity contribution in [1.82, 2.24) is 14.8 Å². The molecule has 2 fully saturated rings. The summed E-state index contributed by atoms with van der Waals surface area (Å²) in [4.78, 5) is 38.6. The number of aromatic nitrogens is 1. The van der Waals surface area contributed by atoms with Crippen LogP contribution < -0.4 is 4.90 Å². The number of nitrogens with zero attached hydrogens (tertiary/aromatic N) is 4. The van der Waals surface area contributed by atoms with Crippen LogP contribution in [0, 0.1) is 0 Å². The number of imide groups is 1. The third-order valence-corrected chi connectivity index (χ3v) is 7.50. The van der Waals surface area contributed by atoms with E-state index in [4.69, 9.17) is 0 Å². The predicted molar refractivity (Wildman–Crippen MR) is 123 cm³/mol. The molecule has 5 rings (SSSR count).